The molecule has 0 saturated carbocycles. The molecule has 0 unspecified atom stereocenters. The van der Waals surface area contributed by atoms with Crippen LogP contribution in [0.4, 0.5) is 0 Å². The topological polar surface area (TPSA) is 99.4 Å². The first kappa shape index (κ1) is 21.2. The molecule has 2 N–H and O–H groups in total. The van der Waals surface area contributed by atoms with E-state index in [0.717, 1.165) is 18.3 Å². The van der Waals surface area contributed by atoms with Gasteiger partial charge in [0, 0.05) is 7.05 Å². The molecule has 0 bridgehead atoms. The lowest BCUT2D eigenvalue weighted by Crippen LogP contribution is -2.19. The number of nitrogens with one attached hydrogen (secondary N) is 1. The van der Waals surface area contributed by atoms with Gasteiger partial charge in [-0.05, 0) is 86.7 Å². The fourth-order valence-corrected chi connectivity index (χ4v) is 4.28. The normalized spacial score (nSPS) is 10.8. The zero-order valence-electron chi connectivity index (χ0n) is 14.1. The number of nitriles is 1. The van der Waals surface area contributed by atoms with Crippen molar-refractivity contribution in [2.24, 2.45) is 0 Å². The second-order valence-electron chi connectivity index (χ2n) is 5.35. The van der Waals surface area contributed by atoms with E-state index >= 15 is 0 Å². The van der Waals surface area contributed by atoms with Crippen LogP contribution in [0.3, 0.4) is 0 Å². The van der Waals surface area contributed by atoms with Gasteiger partial charge in [-0.1, -0.05) is 12.1 Å². The van der Waals surface area contributed by atoms with Crippen LogP contribution in [-0.2, 0) is 11.4 Å². The van der Waals surface area contributed by atoms with Crippen molar-refractivity contribution in [1.29, 1.82) is 5.26 Å². The number of carboxylic acids is 1. The number of hydrogen-bond donors (Lipinski definition) is 2. The first-order chi connectivity index (χ1) is 12.8. The molecule has 0 fully saturated rings. The van der Waals surface area contributed by atoms with E-state index in [1.807, 2.05) is 18.2 Å². The summed E-state index contributed by atoms with van der Waals surface area (Å²) in [5, 5.41) is 20.5. The summed E-state index contributed by atoms with van der Waals surface area (Å²) in [6.07, 6.45) is 1.53. The van der Waals surface area contributed by atoms with Gasteiger partial charge in [-0.3, -0.25) is 4.79 Å². The molecular formula is C19H14I2N2O4. The molecule has 138 valence electrons. The number of halogens is 2. The van der Waals surface area contributed by atoms with Crippen molar-refractivity contribution in [1.82, 2.24) is 5.32 Å². The lowest BCUT2D eigenvalue weighted by Gasteiger charge is -2.12. The van der Waals surface area contributed by atoms with Crippen LogP contribution in [0.1, 0.15) is 21.5 Å². The Bertz CT molecular complexity index is 924. The molecule has 6 nitrogen and oxygen atoms in total. The van der Waals surface area contributed by atoms with Crippen LogP contribution >= 0.6 is 45.2 Å². The minimum absolute atomic E-state index is 0.0243. The predicted octanol–water partition coefficient (Wildman–Crippen LogP) is 3.83. The van der Waals surface area contributed by atoms with Crippen LogP contribution < -0.4 is 10.1 Å². The Kier molecular flexibility index (Phi) is 7.61. The maximum atomic E-state index is 11.6. The van der Waals surface area contributed by atoms with E-state index in [9.17, 15) is 9.59 Å². The van der Waals surface area contributed by atoms with E-state index in [-0.39, 0.29) is 11.1 Å². The number of hydrogen-bond acceptors (Lipinski definition) is 4. The monoisotopic (exact) mass is 588 g/mol. The smallest absolute Gasteiger partial charge is 0.335 e. The molecule has 2 aromatic carbocycles. The molecule has 0 aliphatic carbocycles. The van der Waals surface area contributed by atoms with Crippen LogP contribution in [0.2, 0.25) is 0 Å². The summed E-state index contributed by atoms with van der Waals surface area (Å²) in [5.74, 6) is -0.717. The number of nitrogens with zero attached hydrogens (tertiary/aromatic N) is 1. The number of aromatic carboxylic acids is 1. The van der Waals surface area contributed by atoms with Crippen molar-refractivity contribution < 1.29 is 19.4 Å². The summed E-state index contributed by atoms with van der Waals surface area (Å²) in [6, 6.07) is 12.0. The summed E-state index contributed by atoms with van der Waals surface area (Å²) >= 11 is 4.27. The van der Waals surface area contributed by atoms with E-state index in [0.29, 0.717) is 12.4 Å². The van der Waals surface area contributed by atoms with Gasteiger partial charge >= 0.3 is 5.97 Å². The Labute approximate surface area is 183 Å². The molecule has 0 aliphatic rings. The number of carbonyl (C=O) groups is 2. The Balaban J connectivity index is 2.19. The number of carbonyl (C=O) groups excluding carboxylic acids is 1. The first-order valence-electron chi connectivity index (χ1n) is 7.63. The highest BCUT2D eigenvalue weighted by Gasteiger charge is 2.12. The fourth-order valence-electron chi connectivity index (χ4n) is 2.15. The van der Waals surface area contributed by atoms with E-state index in [4.69, 9.17) is 15.1 Å². The van der Waals surface area contributed by atoms with Crippen molar-refractivity contribution >= 4 is 63.1 Å². The summed E-state index contributed by atoms with van der Waals surface area (Å²) < 4.78 is 7.55. The first-order valence-corrected chi connectivity index (χ1v) is 9.79. The third-order valence-electron chi connectivity index (χ3n) is 3.51. The molecule has 1 amide bonds. The van der Waals surface area contributed by atoms with E-state index < -0.39 is 11.9 Å². The molecule has 27 heavy (non-hydrogen) atoms. The molecule has 0 aromatic heterocycles. The highest BCUT2D eigenvalue weighted by atomic mass is 127. The molecule has 0 heterocycles. The maximum Gasteiger partial charge on any atom is 0.335 e. The second-order valence-corrected chi connectivity index (χ2v) is 7.68. The van der Waals surface area contributed by atoms with E-state index in [2.05, 4.69) is 50.5 Å². The predicted molar refractivity (Wildman–Crippen MR) is 117 cm³/mol. The SMILES string of the molecule is CNC(=O)/C(C#N)=C\c1cc(I)c(OCc2ccc(C(=O)O)cc2)c(I)c1. The number of rotatable bonds is 6. The Hall–Kier alpha value is -2.13. The van der Waals surface area contributed by atoms with Crippen molar-refractivity contribution in [2.45, 2.75) is 6.61 Å². The van der Waals surface area contributed by atoms with Gasteiger partial charge in [0.05, 0.1) is 12.7 Å². The highest BCUT2D eigenvalue weighted by molar-refractivity contribution is 14.1. The third kappa shape index (κ3) is 5.67. The minimum atomic E-state index is -0.969. The maximum absolute atomic E-state index is 11.6. The highest BCUT2D eigenvalue weighted by Crippen LogP contribution is 2.30. The van der Waals surface area contributed by atoms with Crippen molar-refractivity contribution in [2.75, 3.05) is 7.05 Å². The third-order valence-corrected chi connectivity index (χ3v) is 5.11. The summed E-state index contributed by atoms with van der Waals surface area (Å²) in [7, 11) is 1.47. The average Bonchev–Trinajstić information content (AvgIpc) is 2.65. The molecule has 8 heteroatoms. The van der Waals surface area contributed by atoms with Crippen LogP contribution in [0.25, 0.3) is 6.08 Å². The van der Waals surface area contributed by atoms with Crippen LogP contribution in [0.5, 0.6) is 5.75 Å². The largest absolute Gasteiger partial charge is 0.487 e. The zero-order valence-corrected chi connectivity index (χ0v) is 18.4. The number of likely N-dealkylation sites (N-methyl/N-ethyl adjacent to an activating group) is 1. The van der Waals surface area contributed by atoms with Crippen LogP contribution in [0, 0.1) is 18.5 Å². The van der Waals surface area contributed by atoms with Crippen molar-refractivity contribution in [3.63, 3.8) is 0 Å². The van der Waals surface area contributed by atoms with Crippen LogP contribution in [0.15, 0.2) is 42.0 Å². The van der Waals surface area contributed by atoms with Gasteiger partial charge in [-0.15, -0.1) is 0 Å². The second kappa shape index (κ2) is 9.70. The summed E-state index contributed by atoms with van der Waals surface area (Å²) in [5.41, 5.74) is 1.82. The van der Waals surface area contributed by atoms with Crippen LogP contribution in [-0.4, -0.2) is 24.0 Å². The number of amides is 1. The van der Waals surface area contributed by atoms with Gasteiger partial charge in [-0.2, -0.15) is 5.26 Å². The van der Waals surface area contributed by atoms with Gasteiger partial charge in [-0.25, -0.2) is 4.79 Å². The summed E-state index contributed by atoms with van der Waals surface area (Å²) in [6.45, 7) is 0.294. The Morgan fingerprint density at radius 2 is 1.81 bits per heavy atom. The number of benzene rings is 2. The molecule has 2 rings (SSSR count). The Morgan fingerprint density at radius 3 is 2.30 bits per heavy atom. The lowest BCUT2D eigenvalue weighted by molar-refractivity contribution is -0.116. The van der Waals surface area contributed by atoms with Gasteiger partial charge < -0.3 is 15.2 Å². The van der Waals surface area contributed by atoms with Gasteiger partial charge in [0.15, 0.2) is 0 Å². The molecule has 0 saturated heterocycles. The molecule has 0 atom stereocenters. The zero-order chi connectivity index (χ0) is 20.0. The van der Waals surface area contributed by atoms with E-state index in [1.165, 1.54) is 25.3 Å². The van der Waals surface area contributed by atoms with Crippen molar-refractivity contribution in [3.8, 4) is 11.8 Å². The standard InChI is InChI=1S/C19H14I2N2O4/c1-23-18(24)14(9-22)6-12-7-15(20)17(16(21)8-12)27-10-11-2-4-13(5-3-11)19(25)26/h2-8H,10H2,1H3,(H,23,24)(H,25,26)/b14-6-. The minimum Gasteiger partial charge on any atom is -0.487 e. The molecule has 0 aliphatic heterocycles. The van der Waals surface area contributed by atoms with Gasteiger partial charge in [0.1, 0.15) is 24.0 Å². The lowest BCUT2D eigenvalue weighted by atomic mass is 10.1. The Morgan fingerprint density at radius 1 is 1.22 bits per heavy atom. The fraction of sp³-hybridized carbons (Fsp3) is 0.105. The number of ether oxygens (including phenoxy) is 1. The quantitative estimate of drug-likeness (QED) is 0.304. The average molecular weight is 588 g/mol. The molecular weight excluding hydrogens is 574 g/mol. The molecule has 0 radical (unpaired) electrons. The van der Waals surface area contributed by atoms with Crippen molar-refractivity contribution in [3.05, 3.63) is 65.8 Å². The van der Waals surface area contributed by atoms with Gasteiger partial charge in [0.25, 0.3) is 5.91 Å². The molecule has 0 spiro atoms. The summed E-state index contributed by atoms with van der Waals surface area (Å²) in [4.78, 5) is 22.5. The number of carboxylic acid groups (broad SMARTS) is 1. The van der Waals surface area contributed by atoms with E-state index in [1.54, 1.807) is 12.1 Å². The molecule has 2 aromatic rings. The van der Waals surface area contributed by atoms with Gasteiger partial charge in [0.2, 0.25) is 0 Å².